The minimum absolute atomic E-state index is 0.0282. The van der Waals surface area contributed by atoms with Gasteiger partial charge in [-0.1, -0.05) is 30.3 Å². The first kappa shape index (κ1) is 28.3. The van der Waals surface area contributed by atoms with Crippen LogP contribution in [0.15, 0.2) is 72.8 Å². The largest absolute Gasteiger partial charge is 0.497 e. The number of nitrogens with one attached hydrogen (secondary N) is 1. The number of benzene rings is 3. The zero-order valence-electron chi connectivity index (χ0n) is 19.7. The summed E-state index contributed by atoms with van der Waals surface area (Å²) in [5, 5.41) is 19.8. The highest BCUT2D eigenvalue weighted by atomic mass is 32.2. The lowest BCUT2D eigenvalue weighted by molar-refractivity contribution is -0.137. The third-order valence-corrected chi connectivity index (χ3v) is 5.73. The highest BCUT2D eigenvalue weighted by molar-refractivity contribution is 7.98. The molecule has 3 aromatic rings. The third kappa shape index (κ3) is 8.68. The van der Waals surface area contributed by atoms with Gasteiger partial charge in [0, 0.05) is 11.4 Å². The van der Waals surface area contributed by atoms with Gasteiger partial charge in [0.25, 0.3) is 0 Å². The second kappa shape index (κ2) is 13.8. The Morgan fingerprint density at radius 1 is 1.03 bits per heavy atom. The molecular weight excluding hydrogens is 487 g/mol. The number of alkyl halides is 3. The standard InChI is InChI=1S/C19H17F3N2OS.C8H7NO/c1-26-12-15(9-13-5-3-2-4-6-13)18(25)24-16-8-7-14(11-23)17(10-16)19(20,21)22;1-10-8-4-2-7(6-9)3-5-8/h2-8,10,15H,9,12H2,1H3,(H,24,25);2-5H,1H3. The Morgan fingerprint density at radius 2 is 1.69 bits per heavy atom. The molecule has 0 bridgehead atoms. The summed E-state index contributed by atoms with van der Waals surface area (Å²) in [6, 6.07) is 23.1. The molecule has 1 unspecified atom stereocenters. The van der Waals surface area contributed by atoms with Crippen molar-refractivity contribution in [1.82, 2.24) is 0 Å². The molecule has 1 N–H and O–H groups in total. The molecule has 0 heterocycles. The Balaban J connectivity index is 0.000000380. The lowest BCUT2D eigenvalue weighted by Gasteiger charge is -2.17. The summed E-state index contributed by atoms with van der Waals surface area (Å²) >= 11 is 1.50. The van der Waals surface area contributed by atoms with Gasteiger partial charge in [0.1, 0.15) is 5.75 Å². The van der Waals surface area contributed by atoms with E-state index < -0.39 is 17.3 Å². The highest BCUT2D eigenvalue weighted by Gasteiger charge is 2.34. The summed E-state index contributed by atoms with van der Waals surface area (Å²) in [5.41, 5.74) is 0.140. The van der Waals surface area contributed by atoms with Crippen molar-refractivity contribution in [2.45, 2.75) is 12.6 Å². The maximum absolute atomic E-state index is 13.1. The summed E-state index contributed by atoms with van der Waals surface area (Å²) in [4.78, 5) is 12.6. The maximum atomic E-state index is 13.1. The average Bonchev–Trinajstić information content (AvgIpc) is 2.89. The van der Waals surface area contributed by atoms with Crippen molar-refractivity contribution in [2.24, 2.45) is 5.92 Å². The topological polar surface area (TPSA) is 85.9 Å². The fraction of sp³-hybridized carbons (Fsp3) is 0.222. The SMILES string of the molecule is COc1ccc(C#N)cc1.CSCC(Cc1ccccc1)C(=O)Nc1ccc(C#N)c(C(F)(F)F)c1. The molecule has 0 aliphatic rings. The monoisotopic (exact) mass is 511 g/mol. The van der Waals surface area contributed by atoms with E-state index in [0.29, 0.717) is 17.7 Å². The van der Waals surface area contributed by atoms with Gasteiger partial charge in [-0.2, -0.15) is 35.5 Å². The van der Waals surface area contributed by atoms with Gasteiger partial charge in [-0.3, -0.25) is 4.79 Å². The van der Waals surface area contributed by atoms with Crippen LogP contribution in [0.4, 0.5) is 18.9 Å². The van der Waals surface area contributed by atoms with Crippen LogP contribution in [0.25, 0.3) is 0 Å². The lowest BCUT2D eigenvalue weighted by Crippen LogP contribution is -2.27. The normalized spacial score (nSPS) is 11.2. The number of nitrogens with zero attached hydrogens (tertiary/aromatic N) is 2. The van der Waals surface area contributed by atoms with Crippen LogP contribution in [-0.4, -0.2) is 25.0 Å². The van der Waals surface area contributed by atoms with Crippen LogP contribution in [0.1, 0.15) is 22.3 Å². The number of rotatable bonds is 7. The molecule has 3 aromatic carbocycles. The number of amides is 1. The van der Waals surface area contributed by atoms with Gasteiger partial charge in [0.2, 0.25) is 5.91 Å². The molecule has 0 fully saturated rings. The van der Waals surface area contributed by atoms with E-state index >= 15 is 0 Å². The van der Waals surface area contributed by atoms with Crippen molar-refractivity contribution < 1.29 is 22.7 Å². The lowest BCUT2D eigenvalue weighted by atomic mass is 10.00. The first-order valence-corrected chi connectivity index (χ1v) is 12.1. The van der Waals surface area contributed by atoms with Gasteiger partial charge in [-0.15, -0.1) is 0 Å². The number of ether oxygens (including phenoxy) is 1. The van der Waals surface area contributed by atoms with Crippen LogP contribution in [0.2, 0.25) is 0 Å². The number of halogens is 3. The Labute approximate surface area is 212 Å². The number of hydrogen-bond donors (Lipinski definition) is 1. The van der Waals surface area contributed by atoms with Gasteiger partial charge >= 0.3 is 6.18 Å². The van der Waals surface area contributed by atoms with Gasteiger partial charge in [0.15, 0.2) is 0 Å². The van der Waals surface area contributed by atoms with E-state index in [1.165, 1.54) is 23.9 Å². The number of anilines is 1. The summed E-state index contributed by atoms with van der Waals surface area (Å²) in [6.07, 6.45) is -2.29. The molecule has 3 rings (SSSR count). The second-order valence-electron chi connectivity index (χ2n) is 7.54. The van der Waals surface area contributed by atoms with Gasteiger partial charge in [-0.25, -0.2) is 0 Å². The molecule has 1 amide bonds. The van der Waals surface area contributed by atoms with E-state index in [1.807, 2.05) is 42.7 Å². The van der Waals surface area contributed by atoms with Gasteiger partial charge in [-0.05, 0) is 60.7 Å². The Morgan fingerprint density at radius 3 is 2.22 bits per heavy atom. The van der Waals surface area contributed by atoms with Crippen molar-refractivity contribution >= 4 is 23.4 Å². The predicted octanol–water partition coefficient (Wildman–Crippen LogP) is 6.30. The molecule has 186 valence electrons. The number of methoxy groups -OCH3 is 1. The van der Waals surface area contributed by atoms with Crippen molar-refractivity contribution in [2.75, 3.05) is 24.4 Å². The third-order valence-electron chi connectivity index (χ3n) is 5.00. The van der Waals surface area contributed by atoms with Crippen molar-refractivity contribution in [3.8, 4) is 17.9 Å². The van der Waals surface area contributed by atoms with E-state index in [1.54, 1.807) is 31.4 Å². The first-order valence-electron chi connectivity index (χ1n) is 10.7. The molecule has 0 radical (unpaired) electrons. The molecule has 0 aromatic heterocycles. The van der Waals surface area contributed by atoms with E-state index in [9.17, 15) is 18.0 Å². The zero-order valence-corrected chi connectivity index (χ0v) is 20.5. The van der Waals surface area contributed by atoms with Crippen LogP contribution in [0, 0.1) is 28.6 Å². The quantitative estimate of drug-likeness (QED) is 0.402. The van der Waals surface area contributed by atoms with Crippen LogP contribution in [0.5, 0.6) is 5.75 Å². The van der Waals surface area contributed by atoms with Crippen LogP contribution < -0.4 is 10.1 Å². The molecule has 5 nitrogen and oxygen atoms in total. The first-order chi connectivity index (χ1) is 17.2. The highest BCUT2D eigenvalue weighted by Crippen LogP contribution is 2.33. The molecule has 9 heteroatoms. The number of nitriles is 2. The van der Waals surface area contributed by atoms with E-state index in [-0.39, 0.29) is 17.5 Å². The van der Waals surface area contributed by atoms with Crippen LogP contribution in [0.3, 0.4) is 0 Å². The van der Waals surface area contributed by atoms with Gasteiger partial charge < -0.3 is 10.1 Å². The Kier molecular flexibility index (Phi) is 10.9. The van der Waals surface area contributed by atoms with Crippen molar-refractivity contribution in [3.05, 3.63) is 95.1 Å². The minimum Gasteiger partial charge on any atom is -0.497 e. The maximum Gasteiger partial charge on any atom is 0.417 e. The number of carbonyl (C=O) groups is 1. The molecule has 0 saturated carbocycles. The molecule has 0 spiro atoms. The predicted molar refractivity (Wildman–Crippen MR) is 135 cm³/mol. The second-order valence-corrected chi connectivity index (χ2v) is 8.45. The average molecular weight is 512 g/mol. The van der Waals surface area contributed by atoms with Crippen LogP contribution in [-0.2, 0) is 17.4 Å². The fourth-order valence-corrected chi connectivity index (χ4v) is 3.86. The summed E-state index contributed by atoms with van der Waals surface area (Å²) in [6.45, 7) is 0. The van der Waals surface area contributed by atoms with E-state index in [2.05, 4.69) is 5.32 Å². The number of hydrogen-bond acceptors (Lipinski definition) is 5. The smallest absolute Gasteiger partial charge is 0.417 e. The molecule has 0 aliphatic heterocycles. The number of thioether (sulfide) groups is 1. The summed E-state index contributed by atoms with van der Waals surface area (Å²) in [5.74, 6) is 0.598. The number of carbonyl (C=O) groups excluding carboxylic acids is 1. The molecule has 1 atom stereocenters. The van der Waals surface area contributed by atoms with E-state index in [0.717, 1.165) is 23.4 Å². The molecule has 0 aliphatic carbocycles. The fourth-order valence-electron chi connectivity index (χ4n) is 3.19. The van der Waals surface area contributed by atoms with Crippen molar-refractivity contribution in [1.29, 1.82) is 10.5 Å². The van der Waals surface area contributed by atoms with Gasteiger partial charge in [0.05, 0.1) is 41.9 Å². The van der Waals surface area contributed by atoms with E-state index in [4.69, 9.17) is 15.3 Å². The zero-order chi connectivity index (χ0) is 26.6. The Hall–Kier alpha value is -3.95. The minimum atomic E-state index is -4.66. The molecule has 0 saturated heterocycles. The van der Waals surface area contributed by atoms with Crippen LogP contribution >= 0.6 is 11.8 Å². The Bertz CT molecular complexity index is 1220. The molecular formula is C27H24F3N3O2S. The molecule has 36 heavy (non-hydrogen) atoms. The summed E-state index contributed by atoms with van der Waals surface area (Å²) in [7, 11) is 1.60. The van der Waals surface area contributed by atoms with Crippen molar-refractivity contribution in [3.63, 3.8) is 0 Å². The summed E-state index contributed by atoms with van der Waals surface area (Å²) < 4.78 is 44.1.